The molecule has 1 aromatic rings. The zero-order valence-electron chi connectivity index (χ0n) is 17.4. The first-order valence-corrected chi connectivity index (χ1v) is 10.0. The molecule has 2 amide bonds. The van der Waals surface area contributed by atoms with Gasteiger partial charge in [0.15, 0.2) is 18.1 Å². The Labute approximate surface area is 183 Å². The molecule has 12 nitrogen and oxygen atoms in total. The molecular weight excluding hydrogens is 426 g/mol. The van der Waals surface area contributed by atoms with Crippen molar-refractivity contribution in [2.45, 2.75) is 25.8 Å². The molecule has 3 rings (SSSR count). The topological polar surface area (TPSA) is 147 Å². The molecule has 1 aromatic carbocycles. The molecule has 0 saturated carbocycles. The number of nitrogens with zero attached hydrogens (tertiary/aromatic N) is 2. The first kappa shape index (κ1) is 22.8. The number of likely N-dealkylation sites (tertiary alicyclic amines) is 1. The maximum absolute atomic E-state index is 12.0. The Hall–Kier alpha value is -3.83. The smallest absolute Gasteiger partial charge is 0.409 e. The number of benzene rings is 1. The molecule has 0 aromatic heterocycles. The lowest BCUT2D eigenvalue weighted by Crippen LogP contribution is -2.47. The van der Waals surface area contributed by atoms with Crippen LogP contribution in [0.5, 0.6) is 11.5 Å². The number of nitro groups is 1. The van der Waals surface area contributed by atoms with E-state index in [1.165, 1.54) is 18.2 Å². The van der Waals surface area contributed by atoms with Crippen LogP contribution in [-0.4, -0.2) is 66.9 Å². The van der Waals surface area contributed by atoms with Crippen LogP contribution in [0.15, 0.2) is 18.2 Å². The molecule has 0 radical (unpaired) electrons. The van der Waals surface area contributed by atoms with Crippen LogP contribution < -0.4 is 14.8 Å². The molecule has 0 spiro atoms. The molecule has 2 heterocycles. The third kappa shape index (κ3) is 5.86. The minimum atomic E-state index is -0.829. The van der Waals surface area contributed by atoms with Crippen molar-refractivity contribution in [1.82, 2.24) is 10.2 Å². The number of nitro benzene ring substituents is 1. The normalized spacial score (nSPS) is 15.5. The summed E-state index contributed by atoms with van der Waals surface area (Å²) in [5.41, 5.74) is -0.126. The molecule has 0 unspecified atom stereocenters. The Kier molecular flexibility index (Phi) is 7.47. The second-order valence-electron chi connectivity index (χ2n) is 6.99. The summed E-state index contributed by atoms with van der Waals surface area (Å²) in [4.78, 5) is 47.9. The number of carbonyl (C=O) groups is 3. The van der Waals surface area contributed by atoms with E-state index in [0.717, 1.165) is 6.08 Å². The largest absolute Gasteiger partial charge is 0.454 e. The number of hydrogen-bond acceptors (Lipinski definition) is 9. The number of ether oxygens (including phenoxy) is 4. The highest BCUT2D eigenvalue weighted by Gasteiger charge is 2.25. The lowest BCUT2D eigenvalue weighted by molar-refractivity contribution is -0.385. The number of rotatable bonds is 7. The van der Waals surface area contributed by atoms with Crippen molar-refractivity contribution >= 4 is 29.7 Å². The summed E-state index contributed by atoms with van der Waals surface area (Å²) in [6.07, 6.45) is 2.96. The van der Waals surface area contributed by atoms with Gasteiger partial charge in [0.25, 0.3) is 11.6 Å². The van der Waals surface area contributed by atoms with Crippen LogP contribution in [0, 0.1) is 10.1 Å². The first-order valence-electron chi connectivity index (χ1n) is 10.0. The van der Waals surface area contributed by atoms with Crippen molar-refractivity contribution < 1.29 is 38.3 Å². The van der Waals surface area contributed by atoms with Gasteiger partial charge >= 0.3 is 12.1 Å². The van der Waals surface area contributed by atoms with Gasteiger partial charge in [-0.1, -0.05) is 0 Å². The predicted octanol–water partition coefficient (Wildman–Crippen LogP) is 1.62. The molecular formula is C20H23N3O9. The van der Waals surface area contributed by atoms with Gasteiger partial charge in [0.05, 0.1) is 23.2 Å². The predicted molar refractivity (Wildman–Crippen MR) is 109 cm³/mol. The van der Waals surface area contributed by atoms with E-state index in [2.05, 4.69) is 5.32 Å². The Morgan fingerprint density at radius 2 is 1.91 bits per heavy atom. The summed E-state index contributed by atoms with van der Waals surface area (Å²) in [7, 11) is 0. The maximum Gasteiger partial charge on any atom is 0.409 e. The van der Waals surface area contributed by atoms with E-state index in [4.69, 9.17) is 18.9 Å². The number of fused-ring (bicyclic) bond motifs is 1. The Morgan fingerprint density at radius 1 is 1.22 bits per heavy atom. The number of esters is 1. The van der Waals surface area contributed by atoms with Crippen molar-refractivity contribution in [2.75, 3.05) is 33.1 Å². The van der Waals surface area contributed by atoms with E-state index in [-0.39, 0.29) is 35.9 Å². The fourth-order valence-corrected chi connectivity index (χ4v) is 3.27. The van der Waals surface area contributed by atoms with Crippen LogP contribution in [0.3, 0.4) is 0 Å². The van der Waals surface area contributed by atoms with Gasteiger partial charge in [-0.25, -0.2) is 9.59 Å². The van der Waals surface area contributed by atoms with E-state index in [0.29, 0.717) is 38.3 Å². The fourth-order valence-electron chi connectivity index (χ4n) is 3.27. The van der Waals surface area contributed by atoms with Gasteiger partial charge in [-0.2, -0.15) is 0 Å². The number of hydrogen-bond donors (Lipinski definition) is 1. The van der Waals surface area contributed by atoms with Crippen molar-refractivity contribution in [3.63, 3.8) is 0 Å². The quantitative estimate of drug-likeness (QED) is 0.284. The van der Waals surface area contributed by atoms with Crippen LogP contribution in [0.1, 0.15) is 25.3 Å². The average Bonchev–Trinajstić information content (AvgIpc) is 3.23. The maximum atomic E-state index is 12.0. The van der Waals surface area contributed by atoms with Crippen LogP contribution in [-0.2, 0) is 19.1 Å². The van der Waals surface area contributed by atoms with E-state index in [1.54, 1.807) is 11.8 Å². The van der Waals surface area contributed by atoms with Crippen molar-refractivity contribution in [1.29, 1.82) is 0 Å². The average molecular weight is 449 g/mol. The second-order valence-corrected chi connectivity index (χ2v) is 6.99. The van der Waals surface area contributed by atoms with E-state index >= 15 is 0 Å². The van der Waals surface area contributed by atoms with E-state index in [1.807, 2.05) is 0 Å². The zero-order chi connectivity index (χ0) is 23.1. The minimum Gasteiger partial charge on any atom is -0.454 e. The van der Waals surface area contributed by atoms with Crippen molar-refractivity contribution in [2.24, 2.45) is 0 Å². The van der Waals surface area contributed by atoms with Crippen LogP contribution in [0.2, 0.25) is 0 Å². The molecule has 12 heteroatoms. The van der Waals surface area contributed by atoms with Crippen LogP contribution in [0.25, 0.3) is 6.08 Å². The summed E-state index contributed by atoms with van der Waals surface area (Å²) < 4.78 is 20.1. The van der Waals surface area contributed by atoms with E-state index < -0.39 is 23.4 Å². The highest BCUT2D eigenvalue weighted by atomic mass is 16.7. The zero-order valence-corrected chi connectivity index (χ0v) is 17.4. The van der Waals surface area contributed by atoms with Gasteiger partial charge in [-0.15, -0.1) is 0 Å². The molecule has 0 bridgehead atoms. The highest BCUT2D eigenvalue weighted by molar-refractivity contribution is 5.90. The minimum absolute atomic E-state index is 0.0430. The number of nitrogens with one attached hydrogen (secondary N) is 1. The third-order valence-corrected chi connectivity index (χ3v) is 4.85. The second kappa shape index (κ2) is 10.5. The van der Waals surface area contributed by atoms with E-state index in [9.17, 15) is 24.5 Å². The highest BCUT2D eigenvalue weighted by Crippen LogP contribution is 2.38. The summed E-state index contributed by atoms with van der Waals surface area (Å²) in [6, 6.07) is 2.46. The van der Waals surface area contributed by atoms with Crippen molar-refractivity contribution in [3.8, 4) is 11.5 Å². The summed E-state index contributed by atoms with van der Waals surface area (Å²) >= 11 is 0. The lowest BCUT2D eigenvalue weighted by Gasteiger charge is -2.31. The van der Waals surface area contributed by atoms with Crippen LogP contribution in [0.4, 0.5) is 10.5 Å². The fraction of sp³-hybridized carbons (Fsp3) is 0.450. The summed E-state index contributed by atoms with van der Waals surface area (Å²) in [5, 5.41) is 14.0. The molecule has 2 aliphatic heterocycles. The number of amides is 2. The first-order chi connectivity index (χ1) is 15.4. The molecule has 32 heavy (non-hydrogen) atoms. The summed E-state index contributed by atoms with van der Waals surface area (Å²) in [5.74, 6) is -0.724. The molecule has 1 saturated heterocycles. The van der Waals surface area contributed by atoms with Gasteiger partial charge in [-0.3, -0.25) is 14.9 Å². The molecule has 172 valence electrons. The lowest BCUT2D eigenvalue weighted by atomic mass is 10.1. The third-order valence-electron chi connectivity index (χ3n) is 4.85. The molecule has 0 atom stereocenters. The number of piperidine rings is 1. The molecule has 1 fully saturated rings. The standard InChI is InChI=1S/C20H23N3O9/c1-2-29-20(26)22-7-5-14(6-8-22)21-18(24)11-30-19(25)4-3-13-9-16-17(32-12-31-16)10-15(13)23(27)28/h3-4,9-10,14H,2,5-8,11-12H2,1H3,(H,21,24)/b4-3+. The Balaban J connectivity index is 1.45. The molecule has 0 aliphatic carbocycles. The van der Waals surface area contributed by atoms with Gasteiger partial charge in [0.2, 0.25) is 6.79 Å². The van der Waals surface area contributed by atoms with Crippen molar-refractivity contribution in [3.05, 3.63) is 33.9 Å². The molecule has 1 N–H and O–H groups in total. The monoisotopic (exact) mass is 449 g/mol. The van der Waals surface area contributed by atoms with Gasteiger partial charge in [-0.05, 0) is 31.9 Å². The Morgan fingerprint density at radius 3 is 2.56 bits per heavy atom. The SMILES string of the molecule is CCOC(=O)N1CCC(NC(=O)COC(=O)/C=C/c2cc3c(cc2[N+](=O)[O-])OCO3)CC1. The van der Waals surface area contributed by atoms with Gasteiger partial charge < -0.3 is 29.2 Å². The molecule has 2 aliphatic rings. The Bertz CT molecular complexity index is 923. The summed E-state index contributed by atoms with van der Waals surface area (Å²) in [6.45, 7) is 2.42. The van der Waals surface area contributed by atoms with Gasteiger partial charge in [0.1, 0.15) is 0 Å². The van der Waals surface area contributed by atoms with Gasteiger partial charge in [0, 0.05) is 25.2 Å². The van der Waals surface area contributed by atoms with Crippen LogP contribution >= 0.6 is 0 Å². The number of carbonyl (C=O) groups excluding carboxylic acids is 3.